The summed E-state index contributed by atoms with van der Waals surface area (Å²) >= 11 is 13.2. The van der Waals surface area contributed by atoms with Crippen LogP contribution in [-0.2, 0) is 5.75 Å². The number of hydrogen-bond acceptors (Lipinski definition) is 3. The van der Waals surface area contributed by atoms with Gasteiger partial charge in [-0.25, -0.2) is 0 Å². The summed E-state index contributed by atoms with van der Waals surface area (Å²) < 4.78 is 0. The number of nitriles is 1. The van der Waals surface area contributed by atoms with E-state index in [1.165, 1.54) is 0 Å². The maximum Gasteiger partial charge on any atom is 0.170 e. The summed E-state index contributed by atoms with van der Waals surface area (Å²) in [5.41, 5.74) is 3.70. The van der Waals surface area contributed by atoms with Crippen LogP contribution >= 0.6 is 35.6 Å². The van der Waals surface area contributed by atoms with Crippen LogP contribution in [0.2, 0.25) is 5.02 Å². The predicted molar refractivity (Wildman–Crippen MR) is 108 cm³/mol. The van der Waals surface area contributed by atoms with Gasteiger partial charge in [0.15, 0.2) is 5.11 Å². The number of thioether (sulfide) groups is 1. The van der Waals surface area contributed by atoms with Gasteiger partial charge in [-0.2, -0.15) is 17.0 Å². The van der Waals surface area contributed by atoms with Crippen LogP contribution in [-0.4, -0.2) is 17.4 Å². The zero-order valence-corrected chi connectivity index (χ0v) is 15.7. The summed E-state index contributed by atoms with van der Waals surface area (Å²) in [5.74, 6) is 1.72. The van der Waals surface area contributed by atoms with Gasteiger partial charge in [0.2, 0.25) is 0 Å². The minimum absolute atomic E-state index is 0.582. The summed E-state index contributed by atoms with van der Waals surface area (Å²) in [6.07, 6.45) is 0. The Morgan fingerprint density at radius 2 is 2.04 bits per heavy atom. The van der Waals surface area contributed by atoms with Gasteiger partial charge in [-0.05, 0) is 48.5 Å². The van der Waals surface area contributed by atoms with E-state index in [-0.39, 0.29) is 0 Å². The second kappa shape index (κ2) is 9.53. The fourth-order valence-corrected chi connectivity index (χ4v) is 3.33. The van der Waals surface area contributed by atoms with Gasteiger partial charge >= 0.3 is 0 Å². The molecule has 2 aromatic carbocycles. The van der Waals surface area contributed by atoms with Crippen molar-refractivity contribution in [2.45, 2.75) is 12.7 Å². The van der Waals surface area contributed by atoms with Gasteiger partial charge in [-0.3, -0.25) is 0 Å². The first-order chi connectivity index (χ1) is 11.6. The molecule has 0 radical (unpaired) electrons. The number of benzene rings is 2. The Hall–Kier alpha value is -1.74. The molecule has 2 rings (SSSR count). The number of hydrogen-bond donors (Lipinski definition) is 2. The van der Waals surface area contributed by atoms with Crippen LogP contribution in [0, 0.1) is 18.3 Å². The van der Waals surface area contributed by atoms with Gasteiger partial charge in [-0.15, -0.1) is 0 Å². The molecule has 24 heavy (non-hydrogen) atoms. The van der Waals surface area contributed by atoms with Gasteiger partial charge in [0.1, 0.15) is 0 Å². The van der Waals surface area contributed by atoms with Crippen molar-refractivity contribution in [3.8, 4) is 6.07 Å². The molecule has 0 amide bonds. The third kappa shape index (κ3) is 5.41. The summed E-state index contributed by atoms with van der Waals surface area (Å²) in [6, 6.07) is 15.6. The normalized spacial score (nSPS) is 10.0. The van der Waals surface area contributed by atoms with Gasteiger partial charge in [-0.1, -0.05) is 35.9 Å². The molecule has 0 fully saturated rings. The lowest BCUT2D eigenvalue weighted by Gasteiger charge is -2.13. The molecule has 124 valence electrons. The zero-order chi connectivity index (χ0) is 17.4. The zero-order valence-electron chi connectivity index (χ0n) is 13.3. The Labute approximate surface area is 157 Å². The number of nitrogens with zero attached hydrogens (tertiary/aromatic N) is 1. The molecular formula is C18H18ClN3S2. The fourth-order valence-electron chi connectivity index (χ4n) is 2.08. The van der Waals surface area contributed by atoms with Crippen LogP contribution in [0.3, 0.4) is 0 Å². The third-order valence-electron chi connectivity index (χ3n) is 3.44. The Morgan fingerprint density at radius 1 is 1.25 bits per heavy atom. The minimum atomic E-state index is 0.582. The molecule has 0 atom stereocenters. The third-order valence-corrected chi connectivity index (χ3v) is 5.11. The summed E-state index contributed by atoms with van der Waals surface area (Å²) in [5, 5.41) is 16.7. The predicted octanol–water partition coefficient (Wildman–Crippen LogP) is 4.74. The van der Waals surface area contributed by atoms with Gasteiger partial charge in [0.05, 0.1) is 11.6 Å². The van der Waals surface area contributed by atoms with Crippen molar-refractivity contribution in [2.24, 2.45) is 0 Å². The number of thiocarbonyl (C=S) groups is 1. The lowest BCUT2D eigenvalue weighted by Crippen LogP contribution is -2.30. The van der Waals surface area contributed by atoms with Crippen molar-refractivity contribution >= 4 is 46.4 Å². The average Bonchev–Trinajstić information content (AvgIpc) is 2.59. The van der Waals surface area contributed by atoms with Crippen molar-refractivity contribution in [1.82, 2.24) is 5.32 Å². The first-order valence-corrected chi connectivity index (χ1v) is 9.41. The van der Waals surface area contributed by atoms with Gasteiger partial charge < -0.3 is 10.6 Å². The molecular weight excluding hydrogens is 358 g/mol. The van der Waals surface area contributed by atoms with Crippen LogP contribution in [0.5, 0.6) is 0 Å². The largest absolute Gasteiger partial charge is 0.362 e. The highest BCUT2D eigenvalue weighted by Gasteiger charge is 2.04. The molecule has 0 unspecified atom stereocenters. The fraction of sp³-hybridized carbons (Fsp3) is 0.222. The van der Waals surface area contributed by atoms with E-state index in [9.17, 15) is 0 Å². The SMILES string of the molecule is Cc1c(Cl)cccc1NC(=S)NCCSCc1ccccc1C#N. The van der Waals surface area contributed by atoms with Crippen molar-refractivity contribution in [3.63, 3.8) is 0 Å². The smallest absolute Gasteiger partial charge is 0.170 e. The minimum Gasteiger partial charge on any atom is -0.362 e. The Morgan fingerprint density at radius 3 is 2.83 bits per heavy atom. The molecule has 6 heteroatoms. The standard InChI is InChI=1S/C18H18ClN3S2/c1-13-16(19)7-4-8-17(13)22-18(23)21-9-10-24-12-15-6-3-2-5-14(15)11-20/h2-8H,9-10,12H2,1H3,(H2,21,22,23). The molecule has 2 aromatic rings. The van der Waals surface area contributed by atoms with Crippen LogP contribution in [0.15, 0.2) is 42.5 Å². The van der Waals surface area contributed by atoms with E-state index in [1.807, 2.05) is 49.4 Å². The molecule has 0 aromatic heterocycles. The molecule has 0 spiro atoms. The summed E-state index contributed by atoms with van der Waals surface area (Å²) in [4.78, 5) is 0. The van der Waals surface area contributed by atoms with Crippen LogP contribution in [0.4, 0.5) is 5.69 Å². The van der Waals surface area contributed by atoms with E-state index in [1.54, 1.807) is 11.8 Å². The second-order valence-electron chi connectivity index (χ2n) is 5.11. The first-order valence-electron chi connectivity index (χ1n) is 7.47. The van der Waals surface area contributed by atoms with Gasteiger partial charge in [0, 0.05) is 28.8 Å². The average molecular weight is 376 g/mol. The van der Waals surface area contributed by atoms with Crippen molar-refractivity contribution < 1.29 is 0 Å². The maximum absolute atomic E-state index is 9.07. The van der Waals surface area contributed by atoms with Crippen molar-refractivity contribution in [1.29, 1.82) is 5.26 Å². The quantitative estimate of drug-likeness (QED) is 0.564. The Balaban J connectivity index is 1.72. The topological polar surface area (TPSA) is 47.8 Å². The van der Waals surface area contributed by atoms with E-state index < -0.39 is 0 Å². The molecule has 0 aliphatic rings. The van der Waals surface area contributed by atoms with Crippen molar-refractivity contribution in [2.75, 3.05) is 17.6 Å². The number of nitrogens with one attached hydrogen (secondary N) is 2. The van der Waals surface area contributed by atoms with Crippen LogP contribution in [0.25, 0.3) is 0 Å². The molecule has 0 bridgehead atoms. The van der Waals surface area contributed by atoms with Gasteiger partial charge in [0.25, 0.3) is 0 Å². The highest BCUT2D eigenvalue weighted by Crippen LogP contribution is 2.22. The molecule has 3 nitrogen and oxygen atoms in total. The summed E-state index contributed by atoms with van der Waals surface area (Å²) in [6.45, 7) is 2.71. The maximum atomic E-state index is 9.07. The molecule has 0 heterocycles. The van der Waals surface area contributed by atoms with E-state index in [0.29, 0.717) is 5.11 Å². The number of anilines is 1. The Bertz CT molecular complexity index is 756. The molecule has 0 saturated carbocycles. The van der Waals surface area contributed by atoms with Crippen LogP contribution in [0.1, 0.15) is 16.7 Å². The second-order valence-corrected chi connectivity index (χ2v) is 7.04. The monoisotopic (exact) mass is 375 g/mol. The molecule has 0 aliphatic heterocycles. The highest BCUT2D eigenvalue weighted by atomic mass is 35.5. The van der Waals surface area contributed by atoms with Crippen LogP contribution < -0.4 is 10.6 Å². The molecule has 2 N–H and O–H groups in total. The Kier molecular flexibility index (Phi) is 7.38. The number of rotatable bonds is 6. The summed E-state index contributed by atoms with van der Waals surface area (Å²) in [7, 11) is 0. The van der Waals surface area contributed by atoms with E-state index in [4.69, 9.17) is 29.1 Å². The lowest BCUT2D eigenvalue weighted by molar-refractivity contribution is 0.989. The molecule has 0 aliphatic carbocycles. The van der Waals surface area contributed by atoms with E-state index >= 15 is 0 Å². The highest BCUT2D eigenvalue weighted by molar-refractivity contribution is 7.98. The van der Waals surface area contributed by atoms with E-state index in [2.05, 4.69) is 16.7 Å². The molecule has 0 saturated heterocycles. The van der Waals surface area contributed by atoms with E-state index in [0.717, 1.165) is 45.5 Å². The first kappa shape index (κ1) is 18.6. The number of halogens is 1. The van der Waals surface area contributed by atoms with Crippen molar-refractivity contribution in [3.05, 3.63) is 64.2 Å². The lowest BCUT2D eigenvalue weighted by atomic mass is 10.1.